The molecule has 4 heterocycles. The van der Waals surface area contributed by atoms with Crippen molar-refractivity contribution < 1.29 is 28.5 Å². The molecular formula is C30H31N7O6. The molecule has 6 rings (SSSR count). The van der Waals surface area contributed by atoms with Gasteiger partial charge in [0.2, 0.25) is 5.91 Å². The highest BCUT2D eigenvalue weighted by Gasteiger charge is 2.34. The number of ether oxygens (including phenoxy) is 4. The van der Waals surface area contributed by atoms with Crippen LogP contribution in [0.3, 0.4) is 0 Å². The summed E-state index contributed by atoms with van der Waals surface area (Å²) in [6, 6.07) is 13.7. The van der Waals surface area contributed by atoms with E-state index in [1.165, 1.54) is 6.33 Å². The maximum atomic E-state index is 13.3. The van der Waals surface area contributed by atoms with Crippen LogP contribution in [0.25, 0.3) is 5.82 Å². The summed E-state index contributed by atoms with van der Waals surface area (Å²) in [5, 5.41) is 2.97. The summed E-state index contributed by atoms with van der Waals surface area (Å²) in [6.45, 7) is 2.50. The molecule has 13 nitrogen and oxygen atoms in total. The molecule has 2 amide bonds. The van der Waals surface area contributed by atoms with Crippen molar-refractivity contribution in [3.63, 3.8) is 0 Å². The van der Waals surface area contributed by atoms with Crippen LogP contribution in [0.2, 0.25) is 0 Å². The van der Waals surface area contributed by atoms with Crippen molar-refractivity contribution in [2.24, 2.45) is 0 Å². The number of piperazine rings is 1. The zero-order valence-electron chi connectivity index (χ0n) is 23.6. The SMILES string of the molecule is COc1ccc(OC(=O)N2CCN(c3cc(-n4ccnc4)ncn3)CC2CC(=O)NCc2ccc3c(c2)OCCO3)cc1. The van der Waals surface area contributed by atoms with Gasteiger partial charge in [0.15, 0.2) is 11.5 Å². The van der Waals surface area contributed by atoms with E-state index in [9.17, 15) is 9.59 Å². The van der Waals surface area contributed by atoms with Gasteiger partial charge in [0, 0.05) is 51.1 Å². The first-order valence-electron chi connectivity index (χ1n) is 13.9. The fourth-order valence-corrected chi connectivity index (χ4v) is 5.01. The molecule has 222 valence electrons. The number of hydrogen-bond acceptors (Lipinski definition) is 10. The second kappa shape index (κ2) is 12.7. The number of methoxy groups -OCH3 is 1. The number of aromatic nitrogens is 4. The quantitative estimate of drug-likeness (QED) is 0.329. The molecule has 0 saturated carbocycles. The second-order valence-electron chi connectivity index (χ2n) is 10.00. The minimum absolute atomic E-state index is 0.0677. The van der Waals surface area contributed by atoms with E-state index in [0.29, 0.717) is 74.0 Å². The summed E-state index contributed by atoms with van der Waals surface area (Å²) in [5.41, 5.74) is 0.881. The topological polar surface area (TPSA) is 133 Å². The highest BCUT2D eigenvalue weighted by Crippen LogP contribution is 2.31. The Morgan fingerprint density at radius 2 is 1.77 bits per heavy atom. The maximum Gasteiger partial charge on any atom is 0.415 e. The predicted octanol–water partition coefficient (Wildman–Crippen LogP) is 2.84. The monoisotopic (exact) mass is 585 g/mol. The highest BCUT2D eigenvalue weighted by atomic mass is 16.6. The van der Waals surface area contributed by atoms with E-state index in [0.717, 1.165) is 5.56 Å². The third-order valence-corrected chi connectivity index (χ3v) is 7.23. The molecular weight excluding hydrogens is 554 g/mol. The molecule has 0 spiro atoms. The Kier molecular flexibility index (Phi) is 8.20. The van der Waals surface area contributed by atoms with Gasteiger partial charge >= 0.3 is 6.09 Å². The van der Waals surface area contributed by atoms with Crippen LogP contribution in [0.5, 0.6) is 23.0 Å². The van der Waals surface area contributed by atoms with Crippen molar-refractivity contribution in [3.05, 3.63) is 79.1 Å². The molecule has 2 aromatic carbocycles. The number of imidazole rings is 1. The van der Waals surface area contributed by atoms with Gasteiger partial charge in [-0.2, -0.15) is 0 Å². The molecule has 1 saturated heterocycles. The van der Waals surface area contributed by atoms with Gasteiger partial charge in [0.25, 0.3) is 0 Å². The number of anilines is 1. The molecule has 2 aliphatic rings. The number of benzene rings is 2. The molecule has 13 heteroatoms. The second-order valence-corrected chi connectivity index (χ2v) is 10.00. The van der Waals surface area contributed by atoms with Gasteiger partial charge < -0.3 is 34.1 Å². The van der Waals surface area contributed by atoms with Crippen molar-refractivity contribution in [3.8, 4) is 28.8 Å². The normalized spacial score (nSPS) is 16.0. The summed E-state index contributed by atoms with van der Waals surface area (Å²) in [4.78, 5) is 43.1. The van der Waals surface area contributed by atoms with Crippen LogP contribution in [0, 0.1) is 0 Å². The van der Waals surface area contributed by atoms with E-state index in [1.54, 1.807) is 59.6 Å². The molecule has 1 N–H and O–H groups in total. The standard InChI is InChI=1S/C30H31N7O6/c1-40-23-3-5-24(6-4-23)43-30(39)37-11-10-35(27-16-28(34-19-33-27)36-9-8-31-20-36)18-22(37)15-29(38)32-17-21-2-7-25-26(14-21)42-13-12-41-25/h2-9,14,16,19-20,22H,10-13,15,17-18H2,1H3,(H,32,38). The van der Waals surface area contributed by atoms with E-state index in [4.69, 9.17) is 18.9 Å². The fourth-order valence-electron chi connectivity index (χ4n) is 5.01. The first kappa shape index (κ1) is 27.8. The number of nitrogens with one attached hydrogen (secondary N) is 1. The lowest BCUT2D eigenvalue weighted by Gasteiger charge is -2.41. The zero-order valence-corrected chi connectivity index (χ0v) is 23.6. The molecule has 0 aliphatic carbocycles. The summed E-state index contributed by atoms with van der Waals surface area (Å²) in [5.74, 6) is 3.53. The number of fused-ring (bicyclic) bond motifs is 1. The van der Waals surface area contributed by atoms with E-state index < -0.39 is 12.1 Å². The average molecular weight is 586 g/mol. The largest absolute Gasteiger partial charge is 0.497 e. The summed E-state index contributed by atoms with van der Waals surface area (Å²) in [6.07, 6.45) is 6.16. The number of hydrogen-bond donors (Lipinski definition) is 1. The molecule has 2 aromatic heterocycles. The first-order valence-corrected chi connectivity index (χ1v) is 13.9. The number of amides is 2. The van der Waals surface area contributed by atoms with Crippen molar-refractivity contribution >= 4 is 17.8 Å². The Bertz CT molecular complexity index is 1560. The van der Waals surface area contributed by atoms with Gasteiger partial charge in [-0.25, -0.2) is 19.7 Å². The Morgan fingerprint density at radius 1 is 0.977 bits per heavy atom. The number of carbonyl (C=O) groups excluding carboxylic acids is 2. The maximum absolute atomic E-state index is 13.3. The minimum atomic E-state index is -0.531. The number of carbonyl (C=O) groups is 2. The van der Waals surface area contributed by atoms with Gasteiger partial charge in [-0.15, -0.1) is 0 Å². The molecule has 1 atom stereocenters. The van der Waals surface area contributed by atoms with Crippen molar-refractivity contribution in [2.45, 2.75) is 19.0 Å². The highest BCUT2D eigenvalue weighted by molar-refractivity contribution is 5.78. The summed E-state index contributed by atoms with van der Waals surface area (Å²) in [7, 11) is 1.57. The Labute approximate surface area is 248 Å². The third kappa shape index (κ3) is 6.61. The minimum Gasteiger partial charge on any atom is -0.497 e. The van der Waals surface area contributed by atoms with E-state index in [-0.39, 0.29) is 12.3 Å². The smallest absolute Gasteiger partial charge is 0.415 e. The molecule has 2 aliphatic heterocycles. The number of rotatable bonds is 8. The molecule has 1 fully saturated rings. The summed E-state index contributed by atoms with van der Waals surface area (Å²) >= 11 is 0. The van der Waals surface area contributed by atoms with Gasteiger partial charge in [0.1, 0.15) is 49.0 Å². The van der Waals surface area contributed by atoms with Crippen LogP contribution in [0.4, 0.5) is 10.6 Å². The Morgan fingerprint density at radius 3 is 2.56 bits per heavy atom. The lowest BCUT2D eigenvalue weighted by atomic mass is 10.1. The Balaban J connectivity index is 1.16. The molecule has 0 bridgehead atoms. The summed E-state index contributed by atoms with van der Waals surface area (Å²) < 4.78 is 23.9. The predicted molar refractivity (Wildman–Crippen MR) is 155 cm³/mol. The van der Waals surface area contributed by atoms with Crippen molar-refractivity contribution in [2.75, 3.05) is 44.9 Å². The van der Waals surface area contributed by atoms with Crippen molar-refractivity contribution in [1.29, 1.82) is 0 Å². The average Bonchev–Trinajstić information content (AvgIpc) is 3.59. The van der Waals surface area contributed by atoms with Crippen molar-refractivity contribution in [1.82, 2.24) is 29.7 Å². The van der Waals surface area contributed by atoms with Crippen LogP contribution in [0.15, 0.2) is 73.6 Å². The van der Waals surface area contributed by atoms with Crippen LogP contribution in [-0.4, -0.2) is 82.4 Å². The zero-order chi connectivity index (χ0) is 29.6. The molecule has 1 unspecified atom stereocenters. The van der Waals surface area contributed by atoms with Gasteiger partial charge in [0.05, 0.1) is 13.2 Å². The molecule has 0 radical (unpaired) electrons. The van der Waals surface area contributed by atoms with Gasteiger partial charge in [-0.05, 0) is 42.0 Å². The lowest BCUT2D eigenvalue weighted by Crippen LogP contribution is -2.57. The molecule has 43 heavy (non-hydrogen) atoms. The van der Waals surface area contributed by atoms with E-state index in [1.807, 2.05) is 29.2 Å². The lowest BCUT2D eigenvalue weighted by molar-refractivity contribution is -0.122. The van der Waals surface area contributed by atoms with Crippen LogP contribution in [0.1, 0.15) is 12.0 Å². The van der Waals surface area contributed by atoms with Crippen LogP contribution in [-0.2, 0) is 11.3 Å². The Hall–Kier alpha value is -5.33. The van der Waals surface area contributed by atoms with Gasteiger partial charge in [-0.1, -0.05) is 6.07 Å². The van der Waals surface area contributed by atoms with E-state index in [2.05, 4.69) is 20.3 Å². The first-order chi connectivity index (χ1) is 21.1. The van der Waals surface area contributed by atoms with Crippen LogP contribution < -0.4 is 29.2 Å². The van der Waals surface area contributed by atoms with Crippen LogP contribution >= 0.6 is 0 Å². The molecule has 4 aromatic rings. The number of nitrogens with zero attached hydrogens (tertiary/aromatic N) is 6. The van der Waals surface area contributed by atoms with Gasteiger partial charge in [-0.3, -0.25) is 9.36 Å². The van der Waals surface area contributed by atoms with E-state index >= 15 is 0 Å². The fraction of sp³-hybridized carbons (Fsp3) is 0.300. The third-order valence-electron chi connectivity index (χ3n) is 7.23.